The second-order valence-corrected chi connectivity index (χ2v) is 5.89. The molecule has 0 radical (unpaired) electrons. The van der Waals surface area contributed by atoms with Gasteiger partial charge in [0.25, 0.3) is 0 Å². The molecule has 0 aliphatic carbocycles. The number of rotatable bonds is 3. The van der Waals surface area contributed by atoms with Gasteiger partial charge in [0.15, 0.2) is 5.75 Å². The number of hydrogen-bond acceptors (Lipinski definition) is 3. The number of aromatic hydroxyl groups is 1. The van der Waals surface area contributed by atoms with Crippen LogP contribution < -0.4 is 4.84 Å². The minimum absolute atomic E-state index is 0.0250. The molecule has 1 N–H and O–H groups in total. The zero-order valence-electron chi connectivity index (χ0n) is 10.7. The van der Waals surface area contributed by atoms with Crippen LogP contribution >= 0.6 is 31.9 Å². The van der Waals surface area contributed by atoms with E-state index < -0.39 is 11.7 Å². The SMILES string of the molecule is Oc1c(Br)cc(/C=N/Oc2cccc(C(F)(F)F)c2)cc1Br. The number of benzene rings is 2. The van der Waals surface area contributed by atoms with Gasteiger partial charge in [-0.25, -0.2) is 0 Å². The standard InChI is InChI=1S/C14H8Br2F3NO2/c15-11-4-8(5-12(16)13(11)21)7-20-22-10-3-1-2-9(6-10)14(17,18)19/h1-7,21H/b20-7+. The maximum atomic E-state index is 12.6. The fraction of sp³-hybridized carbons (Fsp3) is 0.0714. The topological polar surface area (TPSA) is 41.8 Å². The predicted octanol–water partition coefficient (Wildman–Crippen LogP) is 5.35. The predicted molar refractivity (Wildman–Crippen MR) is 83.2 cm³/mol. The van der Waals surface area contributed by atoms with Crippen LogP contribution in [0.3, 0.4) is 0 Å². The molecule has 0 heterocycles. The second kappa shape index (κ2) is 6.70. The molecule has 0 saturated carbocycles. The lowest BCUT2D eigenvalue weighted by atomic mass is 10.2. The van der Waals surface area contributed by atoms with Crippen molar-refractivity contribution in [2.45, 2.75) is 6.18 Å². The molecule has 2 aromatic carbocycles. The van der Waals surface area contributed by atoms with Crippen LogP contribution in [0.4, 0.5) is 13.2 Å². The van der Waals surface area contributed by atoms with Crippen LogP contribution in [0.5, 0.6) is 11.5 Å². The highest BCUT2D eigenvalue weighted by Crippen LogP contribution is 2.33. The molecule has 0 fully saturated rings. The fourth-order valence-electron chi connectivity index (χ4n) is 1.54. The van der Waals surface area contributed by atoms with Crippen LogP contribution in [0.1, 0.15) is 11.1 Å². The summed E-state index contributed by atoms with van der Waals surface area (Å²) in [5.74, 6) is 0.0129. The molecule has 0 amide bonds. The van der Waals surface area contributed by atoms with Crippen molar-refractivity contribution in [2.24, 2.45) is 5.16 Å². The summed E-state index contributed by atoms with van der Waals surface area (Å²) < 4.78 is 38.6. The van der Waals surface area contributed by atoms with Gasteiger partial charge in [-0.1, -0.05) is 11.2 Å². The van der Waals surface area contributed by atoms with Gasteiger partial charge in [0, 0.05) is 0 Å². The Balaban J connectivity index is 2.13. The van der Waals surface area contributed by atoms with Crippen LogP contribution in [0.25, 0.3) is 0 Å². The van der Waals surface area contributed by atoms with Gasteiger partial charge in [-0.3, -0.25) is 0 Å². The van der Waals surface area contributed by atoms with E-state index in [1.54, 1.807) is 12.1 Å². The highest BCUT2D eigenvalue weighted by atomic mass is 79.9. The van der Waals surface area contributed by atoms with Crippen LogP contribution in [-0.2, 0) is 6.18 Å². The third-order valence-corrected chi connectivity index (χ3v) is 3.77. The molecule has 0 spiro atoms. The Kier molecular flexibility index (Phi) is 5.12. The van der Waals surface area contributed by atoms with Crippen molar-refractivity contribution >= 4 is 38.1 Å². The van der Waals surface area contributed by atoms with Gasteiger partial charge in [-0.2, -0.15) is 13.2 Å². The molecule has 0 unspecified atom stereocenters. The summed E-state index contributed by atoms with van der Waals surface area (Å²) in [7, 11) is 0. The molecule has 8 heteroatoms. The van der Waals surface area contributed by atoms with Gasteiger partial charge >= 0.3 is 6.18 Å². The molecule has 0 atom stereocenters. The van der Waals surface area contributed by atoms with Crippen molar-refractivity contribution in [3.8, 4) is 11.5 Å². The Morgan fingerprint density at radius 2 is 1.73 bits per heavy atom. The summed E-state index contributed by atoms with van der Waals surface area (Å²) in [6, 6.07) is 7.58. The van der Waals surface area contributed by atoms with E-state index in [0.717, 1.165) is 12.1 Å². The molecule has 22 heavy (non-hydrogen) atoms. The summed E-state index contributed by atoms with van der Waals surface area (Å²) in [6.07, 6.45) is -3.12. The third kappa shape index (κ3) is 4.23. The molecule has 0 aliphatic rings. The molecular formula is C14H8Br2F3NO2. The quantitative estimate of drug-likeness (QED) is 0.518. The van der Waals surface area contributed by atoms with Crippen molar-refractivity contribution < 1.29 is 23.1 Å². The highest BCUT2D eigenvalue weighted by Gasteiger charge is 2.30. The van der Waals surface area contributed by atoms with Crippen molar-refractivity contribution in [2.75, 3.05) is 0 Å². The molecule has 0 bridgehead atoms. The molecule has 2 rings (SSSR count). The number of hydrogen-bond donors (Lipinski definition) is 1. The number of phenols is 1. The Morgan fingerprint density at radius 3 is 2.32 bits per heavy atom. The molecule has 0 aliphatic heterocycles. The Bertz CT molecular complexity index is 694. The lowest BCUT2D eigenvalue weighted by molar-refractivity contribution is -0.137. The van der Waals surface area contributed by atoms with E-state index in [1.165, 1.54) is 18.3 Å². The van der Waals surface area contributed by atoms with Crippen molar-refractivity contribution in [3.05, 3.63) is 56.5 Å². The first-order chi connectivity index (χ1) is 10.3. The van der Waals surface area contributed by atoms with Crippen LogP contribution in [0, 0.1) is 0 Å². The lowest BCUT2D eigenvalue weighted by Gasteiger charge is -2.07. The molecule has 116 valence electrons. The number of phenolic OH excluding ortho intramolecular Hbond substituents is 1. The number of nitrogens with zero attached hydrogens (tertiary/aromatic N) is 1. The first-order valence-corrected chi connectivity index (χ1v) is 7.41. The van der Waals surface area contributed by atoms with Gasteiger partial charge in [0.1, 0.15) is 5.75 Å². The molecule has 0 saturated heterocycles. The minimum Gasteiger partial charge on any atom is -0.506 e. The molecule has 0 aromatic heterocycles. The van der Waals surface area contributed by atoms with E-state index in [-0.39, 0.29) is 11.5 Å². The third-order valence-electron chi connectivity index (χ3n) is 2.56. The van der Waals surface area contributed by atoms with Crippen molar-refractivity contribution in [1.29, 1.82) is 0 Å². The van der Waals surface area contributed by atoms with Gasteiger partial charge in [-0.05, 0) is 67.8 Å². The van der Waals surface area contributed by atoms with Crippen LogP contribution in [0.15, 0.2) is 50.5 Å². The number of alkyl halides is 3. The summed E-state index contributed by atoms with van der Waals surface area (Å²) in [4.78, 5) is 4.93. The van der Waals surface area contributed by atoms with E-state index >= 15 is 0 Å². The van der Waals surface area contributed by atoms with Gasteiger partial charge in [-0.15, -0.1) is 0 Å². The lowest BCUT2D eigenvalue weighted by Crippen LogP contribution is -2.04. The maximum absolute atomic E-state index is 12.6. The van der Waals surface area contributed by atoms with E-state index in [9.17, 15) is 18.3 Å². The number of oxime groups is 1. The smallest absolute Gasteiger partial charge is 0.416 e. The molecule has 3 nitrogen and oxygen atoms in total. The fourth-order valence-corrected chi connectivity index (χ4v) is 2.76. The highest BCUT2D eigenvalue weighted by molar-refractivity contribution is 9.11. The first-order valence-electron chi connectivity index (χ1n) is 5.83. The Hall–Kier alpha value is -1.54. The van der Waals surface area contributed by atoms with Crippen molar-refractivity contribution in [1.82, 2.24) is 0 Å². The van der Waals surface area contributed by atoms with Gasteiger partial charge < -0.3 is 9.94 Å². The average molecular weight is 439 g/mol. The second-order valence-electron chi connectivity index (χ2n) is 4.18. The summed E-state index contributed by atoms with van der Waals surface area (Å²) in [5, 5.41) is 13.2. The van der Waals surface area contributed by atoms with Crippen molar-refractivity contribution in [3.63, 3.8) is 0 Å². The zero-order valence-corrected chi connectivity index (χ0v) is 13.9. The number of halogens is 5. The van der Waals surface area contributed by atoms with E-state index in [0.29, 0.717) is 14.5 Å². The van der Waals surface area contributed by atoms with E-state index in [4.69, 9.17) is 4.84 Å². The Labute approximate surface area is 140 Å². The van der Waals surface area contributed by atoms with Gasteiger partial charge in [0.05, 0.1) is 20.7 Å². The van der Waals surface area contributed by atoms with Crippen LogP contribution in [-0.4, -0.2) is 11.3 Å². The van der Waals surface area contributed by atoms with E-state index in [2.05, 4.69) is 37.0 Å². The summed E-state index contributed by atoms with van der Waals surface area (Å²) in [5.41, 5.74) is -0.223. The van der Waals surface area contributed by atoms with E-state index in [1.807, 2.05) is 0 Å². The normalized spacial score (nSPS) is 11.9. The summed E-state index contributed by atoms with van der Waals surface area (Å²) in [6.45, 7) is 0. The average Bonchev–Trinajstić information content (AvgIpc) is 2.44. The molecular weight excluding hydrogens is 431 g/mol. The minimum atomic E-state index is -4.43. The maximum Gasteiger partial charge on any atom is 0.416 e. The first kappa shape index (κ1) is 16.8. The van der Waals surface area contributed by atoms with Gasteiger partial charge in [0.2, 0.25) is 0 Å². The summed E-state index contributed by atoms with van der Waals surface area (Å²) >= 11 is 6.32. The van der Waals surface area contributed by atoms with Crippen LogP contribution in [0.2, 0.25) is 0 Å². The largest absolute Gasteiger partial charge is 0.506 e. The zero-order chi connectivity index (χ0) is 16.3. The monoisotopic (exact) mass is 437 g/mol. The Morgan fingerprint density at radius 1 is 1.09 bits per heavy atom. The molecule has 2 aromatic rings.